The van der Waals surface area contributed by atoms with Gasteiger partial charge in [0.2, 0.25) is 10.0 Å². The summed E-state index contributed by atoms with van der Waals surface area (Å²) in [6.45, 7) is 0. The Balaban J connectivity index is 2.93. The molecule has 0 aliphatic carbocycles. The second-order valence-electron chi connectivity index (χ2n) is 3.39. The van der Waals surface area contributed by atoms with Gasteiger partial charge in [0.15, 0.2) is 5.75 Å². The van der Waals surface area contributed by atoms with Gasteiger partial charge in [-0.25, -0.2) is 8.42 Å². The molecule has 18 heavy (non-hydrogen) atoms. The molecule has 100 valence electrons. The van der Waals surface area contributed by atoms with Crippen molar-refractivity contribution in [2.45, 2.75) is 0 Å². The van der Waals surface area contributed by atoms with E-state index in [1.807, 2.05) is 0 Å². The molecule has 3 N–H and O–H groups in total. The van der Waals surface area contributed by atoms with Crippen molar-refractivity contribution in [3.8, 4) is 5.75 Å². The van der Waals surface area contributed by atoms with Gasteiger partial charge in [-0.05, 0) is 12.1 Å². The Labute approximate surface area is 105 Å². The van der Waals surface area contributed by atoms with Gasteiger partial charge in [-0.1, -0.05) is 0 Å². The summed E-state index contributed by atoms with van der Waals surface area (Å²) >= 11 is 0. The Bertz CT molecular complexity index is 541. The second-order valence-corrected chi connectivity index (χ2v) is 5.11. The molecule has 0 atom stereocenters. The third kappa shape index (κ3) is 3.81. The van der Waals surface area contributed by atoms with Gasteiger partial charge in [0.25, 0.3) is 0 Å². The monoisotopic (exact) mass is 274 g/mol. The first-order chi connectivity index (χ1) is 8.38. The summed E-state index contributed by atoms with van der Waals surface area (Å²) in [5.74, 6) is -1.19. The van der Waals surface area contributed by atoms with Crippen molar-refractivity contribution in [3.05, 3.63) is 18.2 Å². The highest BCUT2D eigenvalue weighted by Gasteiger charge is 2.18. The minimum atomic E-state index is -3.85. The number of methoxy groups -OCH3 is 2. The Morgan fingerprint density at radius 1 is 1.39 bits per heavy atom. The van der Waals surface area contributed by atoms with Gasteiger partial charge in [0.05, 0.1) is 25.6 Å². The lowest BCUT2D eigenvalue weighted by Gasteiger charge is -2.10. The molecular formula is C10H14N2O5S. The molecule has 0 aliphatic rings. The minimum Gasteiger partial charge on any atom is -0.497 e. The van der Waals surface area contributed by atoms with Crippen molar-refractivity contribution in [2.75, 3.05) is 30.4 Å². The van der Waals surface area contributed by atoms with Crippen LogP contribution in [0.3, 0.4) is 0 Å². The molecule has 0 amide bonds. The molecule has 0 spiro atoms. The highest BCUT2D eigenvalue weighted by Crippen LogP contribution is 2.25. The van der Waals surface area contributed by atoms with Gasteiger partial charge in [-0.2, -0.15) is 0 Å². The number of nitrogens with two attached hydrogens (primary N) is 1. The van der Waals surface area contributed by atoms with E-state index in [1.54, 1.807) is 6.07 Å². The lowest BCUT2D eigenvalue weighted by molar-refractivity contribution is -0.137. The van der Waals surface area contributed by atoms with Crippen LogP contribution in [-0.4, -0.2) is 34.4 Å². The molecule has 0 fully saturated rings. The first-order valence-corrected chi connectivity index (χ1v) is 6.54. The highest BCUT2D eigenvalue weighted by molar-refractivity contribution is 7.93. The number of anilines is 2. The van der Waals surface area contributed by atoms with Crippen LogP contribution in [0.15, 0.2) is 18.2 Å². The van der Waals surface area contributed by atoms with E-state index in [-0.39, 0.29) is 11.4 Å². The van der Waals surface area contributed by atoms with Crippen LogP contribution in [0.2, 0.25) is 0 Å². The van der Waals surface area contributed by atoms with Crippen LogP contribution in [0.5, 0.6) is 5.75 Å². The number of hydrogen-bond donors (Lipinski definition) is 2. The Hall–Kier alpha value is -1.96. The van der Waals surface area contributed by atoms with Crippen LogP contribution in [0, 0.1) is 0 Å². The van der Waals surface area contributed by atoms with E-state index >= 15 is 0 Å². The summed E-state index contributed by atoms with van der Waals surface area (Å²) < 4.78 is 34.6. The SMILES string of the molecule is COC(=O)CS(=O)(=O)Nc1cc(OC)ccc1N. The predicted molar refractivity (Wildman–Crippen MR) is 66.8 cm³/mol. The number of carbonyl (C=O) groups is 1. The average molecular weight is 274 g/mol. The standard InChI is InChI=1S/C10H14N2O5S/c1-16-7-3-4-8(11)9(5-7)12-18(14,15)6-10(13)17-2/h3-5,12H,6,11H2,1-2H3. The fourth-order valence-corrected chi connectivity index (χ4v) is 2.18. The molecular weight excluding hydrogens is 260 g/mol. The third-order valence-electron chi connectivity index (χ3n) is 2.06. The molecule has 8 heteroatoms. The van der Waals surface area contributed by atoms with E-state index in [2.05, 4.69) is 9.46 Å². The van der Waals surface area contributed by atoms with Crippen molar-refractivity contribution in [1.29, 1.82) is 0 Å². The summed E-state index contributed by atoms with van der Waals surface area (Å²) in [5.41, 5.74) is 5.99. The fraction of sp³-hybridized carbons (Fsp3) is 0.300. The third-order valence-corrected chi connectivity index (χ3v) is 3.21. The first-order valence-electron chi connectivity index (χ1n) is 4.89. The lowest BCUT2D eigenvalue weighted by atomic mass is 10.2. The van der Waals surface area contributed by atoms with Gasteiger partial charge in [-0.15, -0.1) is 0 Å². The van der Waals surface area contributed by atoms with Gasteiger partial charge in [-0.3, -0.25) is 9.52 Å². The molecule has 0 aliphatic heterocycles. The maximum absolute atomic E-state index is 11.6. The molecule has 0 saturated carbocycles. The van der Waals surface area contributed by atoms with Gasteiger partial charge in [0, 0.05) is 6.07 Å². The smallest absolute Gasteiger partial charge is 0.322 e. The van der Waals surface area contributed by atoms with Crippen LogP contribution in [0.4, 0.5) is 11.4 Å². The average Bonchev–Trinajstić information content (AvgIpc) is 2.31. The maximum Gasteiger partial charge on any atom is 0.322 e. The van der Waals surface area contributed by atoms with Gasteiger partial charge < -0.3 is 15.2 Å². The molecule has 7 nitrogen and oxygen atoms in total. The van der Waals surface area contributed by atoms with Crippen LogP contribution in [0.1, 0.15) is 0 Å². The zero-order valence-corrected chi connectivity index (χ0v) is 10.8. The Morgan fingerprint density at radius 2 is 2.06 bits per heavy atom. The van der Waals surface area contributed by atoms with Crippen LogP contribution >= 0.6 is 0 Å². The molecule has 0 unspecified atom stereocenters. The van der Waals surface area contributed by atoms with Crippen molar-refractivity contribution < 1.29 is 22.7 Å². The molecule has 1 aromatic rings. The minimum absolute atomic E-state index is 0.151. The summed E-state index contributed by atoms with van der Waals surface area (Å²) in [5, 5.41) is 0. The normalized spacial score (nSPS) is 10.8. The van der Waals surface area contributed by atoms with E-state index in [0.717, 1.165) is 7.11 Å². The van der Waals surface area contributed by atoms with E-state index < -0.39 is 21.7 Å². The molecule has 0 radical (unpaired) electrons. The Morgan fingerprint density at radius 3 is 2.61 bits per heavy atom. The zero-order chi connectivity index (χ0) is 13.8. The number of sulfonamides is 1. The largest absolute Gasteiger partial charge is 0.497 e. The molecule has 0 saturated heterocycles. The van der Waals surface area contributed by atoms with Crippen molar-refractivity contribution in [1.82, 2.24) is 0 Å². The van der Waals surface area contributed by atoms with Crippen molar-refractivity contribution in [3.63, 3.8) is 0 Å². The lowest BCUT2D eigenvalue weighted by Crippen LogP contribution is -2.24. The number of ether oxygens (including phenoxy) is 2. The molecule has 1 rings (SSSR count). The number of nitrogen functional groups attached to an aromatic ring is 1. The van der Waals surface area contributed by atoms with E-state index in [1.165, 1.54) is 19.2 Å². The number of esters is 1. The first kappa shape index (κ1) is 14.1. The summed E-state index contributed by atoms with van der Waals surface area (Å²) in [6.07, 6.45) is 0. The molecule has 0 bridgehead atoms. The Kier molecular flexibility index (Phi) is 4.38. The number of rotatable bonds is 5. The van der Waals surface area contributed by atoms with Crippen LogP contribution in [-0.2, 0) is 19.6 Å². The van der Waals surface area contributed by atoms with Crippen molar-refractivity contribution >= 4 is 27.4 Å². The van der Waals surface area contributed by atoms with Gasteiger partial charge in [0.1, 0.15) is 5.75 Å². The molecule has 0 heterocycles. The van der Waals surface area contributed by atoms with Gasteiger partial charge >= 0.3 is 5.97 Å². The fourth-order valence-electron chi connectivity index (χ4n) is 1.17. The van der Waals surface area contributed by atoms with E-state index in [0.29, 0.717) is 5.75 Å². The maximum atomic E-state index is 11.6. The second kappa shape index (κ2) is 5.58. The zero-order valence-electron chi connectivity index (χ0n) is 9.97. The van der Waals surface area contributed by atoms with E-state index in [9.17, 15) is 13.2 Å². The summed E-state index contributed by atoms with van der Waals surface area (Å²) in [4.78, 5) is 10.9. The topological polar surface area (TPSA) is 108 Å². The van der Waals surface area contributed by atoms with Crippen molar-refractivity contribution in [2.24, 2.45) is 0 Å². The van der Waals surface area contributed by atoms with Crippen LogP contribution < -0.4 is 15.2 Å². The quantitative estimate of drug-likeness (QED) is 0.586. The molecule has 0 aromatic heterocycles. The van der Waals surface area contributed by atoms with Crippen LogP contribution in [0.25, 0.3) is 0 Å². The molecule has 1 aromatic carbocycles. The predicted octanol–water partition coefficient (Wildman–Crippen LogP) is 0.192. The highest BCUT2D eigenvalue weighted by atomic mass is 32.2. The number of benzene rings is 1. The summed E-state index contributed by atoms with van der Waals surface area (Å²) in [7, 11) is -1.30. The summed E-state index contributed by atoms with van der Waals surface area (Å²) in [6, 6.07) is 4.51. The number of nitrogens with one attached hydrogen (secondary N) is 1. The number of carbonyl (C=O) groups excluding carboxylic acids is 1. The van der Waals surface area contributed by atoms with E-state index in [4.69, 9.17) is 10.5 Å². The number of hydrogen-bond acceptors (Lipinski definition) is 6.